The van der Waals surface area contributed by atoms with Crippen LogP contribution in [0.2, 0.25) is 0 Å². The molecule has 0 aliphatic carbocycles. The summed E-state index contributed by atoms with van der Waals surface area (Å²) in [5.74, 6) is -1.58. The van der Waals surface area contributed by atoms with Crippen LogP contribution in [0.4, 0.5) is 0 Å². The van der Waals surface area contributed by atoms with E-state index in [0.29, 0.717) is 6.61 Å². The van der Waals surface area contributed by atoms with E-state index in [1.165, 1.54) is 40.0 Å². The lowest BCUT2D eigenvalue weighted by molar-refractivity contribution is -0.190. The average molecular weight is 388 g/mol. The van der Waals surface area contributed by atoms with Gasteiger partial charge in [-0.05, 0) is 6.42 Å². The molecule has 0 amide bonds. The molecule has 0 saturated carbocycles. The second-order valence-electron chi connectivity index (χ2n) is 6.63. The Morgan fingerprint density at radius 3 is 2.00 bits per heavy atom. The predicted octanol–water partition coefficient (Wildman–Crippen LogP) is 2.51. The summed E-state index contributed by atoms with van der Waals surface area (Å²) in [6.07, 6.45) is 3.19. The fourth-order valence-electron chi connectivity index (χ4n) is 2.89. The summed E-state index contributed by atoms with van der Waals surface area (Å²) in [5, 5.41) is 0. The lowest BCUT2D eigenvalue weighted by Crippen LogP contribution is -2.41. The van der Waals surface area contributed by atoms with Gasteiger partial charge in [0.15, 0.2) is 18.5 Å². The molecule has 0 aromatic heterocycles. The van der Waals surface area contributed by atoms with Crippen molar-refractivity contribution in [1.82, 2.24) is 0 Å². The highest BCUT2D eigenvalue weighted by atomic mass is 16.7. The first-order chi connectivity index (χ1) is 12.8. The van der Waals surface area contributed by atoms with Crippen LogP contribution in [0.3, 0.4) is 0 Å². The maximum Gasteiger partial charge on any atom is 0.303 e. The van der Waals surface area contributed by atoms with Crippen molar-refractivity contribution in [2.24, 2.45) is 0 Å². The molecule has 0 aromatic carbocycles. The van der Waals surface area contributed by atoms with Crippen molar-refractivity contribution < 1.29 is 38.1 Å². The zero-order valence-electron chi connectivity index (χ0n) is 16.7. The first kappa shape index (κ1) is 23.4. The molecule has 0 bridgehead atoms. The fraction of sp³-hybridized carbons (Fsp3) is 0.842. The van der Waals surface area contributed by atoms with Crippen LogP contribution in [0.1, 0.15) is 66.2 Å². The number of hydrogen-bond acceptors (Lipinski definition) is 8. The lowest BCUT2D eigenvalue weighted by Gasteiger charge is -2.23. The topological polar surface area (TPSA) is 97.4 Å². The SMILES string of the molecule is CCCCCCCCO[C@H]1O[C@H](COC(C)=O)[C@@H](OC(C)=O)[C@@H]1OC(C)=O. The second kappa shape index (κ2) is 12.7. The number of ether oxygens (including phenoxy) is 5. The molecule has 27 heavy (non-hydrogen) atoms. The van der Waals surface area contributed by atoms with E-state index in [1.54, 1.807) is 0 Å². The summed E-state index contributed by atoms with van der Waals surface area (Å²) in [7, 11) is 0. The van der Waals surface area contributed by atoms with Crippen molar-refractivity contribution in [3.8, 4) is 0 Å². The monoisotopic (exact) mass is 388 g/mol. The van der Waals surface area contributed by atoms with E-state index in [-0.39, 0.29) is 6.61 Å². The van der Waals surface area contributed by atoms with Crippen molar-refractivity contribution in [1.29, 1.82) is 0 Å². The zero-order chi connectivity index (χ0) is 20.2. The minimum atomic E-state index is -0.910. The lowest BCUT2D eigenvalue weighted by atomic mass is 10.1. The standard InChI is InChI=1S/C19H32O8/c1-5-6-7-8-9-10-11-23-19-18(26-15(4)22)17(25-14(3)21)16(27-19)12-24-13(2)20/h16-19H,5-12H2,1-4H3/t16-,17-,18+,19+/m1/s1. The highest BCUT2D eigenvalue weighted by Crippen LogP contribution is 2.28. The molecule has 4 atom stereocenters. The molecule has 1 saturated heterocycles. The molecule has 0 N–H and O–H groups in total. The molecule has 0 unspecified atom stereocenters. The van der Waals surface area contributed by atoms with Gasteiger partial charge in [-0.15, -0.1) is 0 Å². The Kier molecular flexibility index (Phi) is 11.0. The summed E-state index contributed by atoms with van der Waals surface area (Å²) >= 11 is 0. The van der Waals surface area contributed by atoms with Crippen LogP contribution in [0, 0.1) is 0 Å². The minimum Gasteiger partial charge on any atom is -0.463 e. The van der Waals surface area contributed by atoms with Gasteiger partial charge in [0.2, 0.25) is 0 Å². The van der Waals surface area contributed by atoms with E-state index in [4.69, 9.17) is 23.7 Å². The first-order valence-electron chi connectivity index (χ1n) is 9.60. The van der Waals surface area contributed by atoms with Gasteiger partial charge in [0, 0.05) is 27.4 Å². The van der Waals surface area contributed by atoms with Gasteiger partial charge in [-0.25, -0.2) is 0 Å². The van der Waals surface area contributed by atoms with Crippen molar-refractivity contribution >= 4 is 17.9 Å². The van der Waals surface area contributed by atoms with Gasteiger partial charge in [-0.2, -0.15) is 0 Å². The smallest absolute Gasteiger partial charge is 0.303 e. The van der Waals surface area contributed by atoms with Crippen LogP contribution in [0.15, 0.2) is 0 Å². The molecular formula is C19H32O8. The maximum absolute atomic E-state index is 11.5. The van der Waals surface area contributed by atoms with Gasteiger partial charge in [0.25, 0.3) is 0 Å². The summed E-state index contributed by atoms with van der Waals surface area (Å²) in [6.45, 7) is 6.25. The van der Waals surface area contributed by atoms with Crippen LogP contribution in [0.5, 0.6) is 0 Å². The summed E-state index contributed by atoms with van der Waals surface area (Å²) in [4.78, 5) is 34.0. The molecule has 0 spiro atoms. The van der Waals surface area contributed by atoms with Crippen molar-refractivity contribution in [2.45, 2.75) is 90.8 Å². The minimum absolute atomic E-state index is 0.123. The molecule has 1 heterocycles. The van der Waals surface area contributed by atoms with Crippen molar-refractivity contribution in [3.63, 3.8) is 0 Å². The maximum atomic E-state index is 11.5. The van der Waals surface area contributed by atoms with Gasteiger partial charge in [0.1, 0.15) is 12.7 Å². The van der Waals surface area contributed by atoms with Crippen LogP contribution in [-0.4, -0.2) is 55.7 Å². The zero-order valence-corrected chi connectivity index (χ0v) is 16.7. The van der Waals surface area contributed by atoms with E-state index in [2.05, 4.69) is 6.92 Å². The predicted molar refractivity (Wildman–Crippen MR) is 95.7 cm³/mol. The van der Waals surface area contributed by atoms with Gasteiger partial charge in [-0.3, -0.25) is 14.4 Å². The van der Waals surface area contributed by atoms with Crippen LogP contribution < -0.4 is 0 Å². The van der Waals surface area contributed by atoms with Crippen LogP contribution >= 0.6 is 0 Å². The third kappa shape index (κ3) is 9.19. The Bertz CT molecular complexity index is 478. The van der Waals surface area contributed by atoms with Gasteiger partial charge in [0.05, 0.1) is 0 Å². The van der Waals surface area contributed by atoms with Gasteiger partial charge < -0.3 is 23.7 Å². The molecule has 156 valence electrons. The highest BCUT2D eigenvalue weighted by Gasteiger charge is 2.50. The number of carbonyl (C=O) groups is 3. The Morgan fingerprint density at radius 1 is 0.815 bits per heavy atom. The summed E-state index contributed by atoms with van der Waals surface area (Å²) < 4.78 is 27.0. The molecule has 0 radical (unpaired) electrons. The molecule has 8 heteroatoms. The van der Waals surface area contributed by atoms with E-state index >= 15 is 0 Å². The molecule has 1 rings (SSSR count). The Hall–Kier alpha value is -1.67. The largest absolute Gasteiger partial charge is 0.463 e. The third-order valence-electron chi connectivity index (χ3n) is 4.10. The van der Waals surface area contributed by atoms with E-state index in [9.17, 15) is 14.4 Å². The van der Waals surface area contributed by atoms with Gasteiger partial charge in [-0.1, -0.05) is 39.0 Å². The van der Waals surface area contributed by atoms with Crippen molar-refractivity contribution in [3.05, 3.63) is 0 Å². The average Bonchev–Trinajstić information content (AvgIpc) is 2.88. The van der Waals surface area contributed by atoms with Gasteiger partial charge >= 0.3 is 17.9 Å². The van der Waals surface area contributed by atoms with Crippen molar-refractivity contribution in [2.75, 3.05) is 13.2 Å². The quantitative estimate of drug-likeness (QED) is 0.286. The normalized spacial score (nSPS) is 24.4. The molecule has 1 aliphatic rings. The molecule has 1 fully saturated rings. The highest BCUT2D eigenvalue weighted by molar-refractivity contribution is 5.67. The second-order valence-corrected chi connectivity index (χ2v) is 6.63. The Balaban J connectivity index is 2.64. The Morgan fingerprint density at radius 2 is 1.41 bits per heavy atom. The molecule has 1 aliphatic heterocycles. The molecular weight excluding hydrogens is 356 g/mol. The van der Waals surface area contributed by atoms with Crippen LogP contribution in [0.25, 0.3) is 0 Å². The molecule has 8 nitrogen and oxygen atoms in total. The number of carbonyl (C=O) groups excluding carboxylic acids is 3. The number of rotatable bonds is 12. The fourth-order valence-corrected chi connectivity index (χ4v) is 2.89. The summed E-state index contributed by atoms with van der Waals surface area (Å²) in [5.41, 5.74) is 0. The number of esters is 3. The molecule has 0 aromatic rings. The number of hydrogen-bond donors (Lipinski definition) is 0. The van der Waals surface area contributed by atoms with E-state index < -0.39 is 42.5 Å². The third-order valence-corrected chi connectivity index (χ3v) is 4.10. The van der Waals surface area contributed by atoms with E-state index in [0.717, 1.165) is 19.3 Å². The number of unbranched alkanes of at least 4 members (excludes halogenated alkanes) is 5. The Labute approximate surface area is 160 Å². The summed E-state index contributed by atoms with van der Waals surface area (Å²) in [6, 6.07) is 0. The first-order valence-corrected chi connectivity index (χ1v) is 9.60. The van der Waals surface area contributed by atoms with E-state index in [1.807, 2.05) is 0 Å². The van der Waals surface area contributed by atoms with Crippen LogP contribution in [-0.2, 0) is 38.1 Å².